The molecule has 0 heterocycles. The first kappa shape index (κ1) is 18.0. The standard InChI is InChI=1S/C16H11F3N2O4/c17-16(18,19)25-14-8-4-12(5-9-14)20-15(22)10-3-11-1-6-13(7-2-11)21(23)24/h1-10H,(H,20,22). The van der Waals surface area contributed by atoms with Gasteiger partial charge in [-0.3, -0.25) is 14.9 Å². The van der Waals surface area contributed by atoms with E-state index in [0.717, 1.165) is 12.1 Å². The lowest BCUT2D eigenvalue weighted by Crippen LogP contribution is -2.17. The lowest BCUT2D eigenvalue weighted by Gasteiger charge is -2.09. The van der Waals surface area contributed by atoms with Crippen molar-refractivity contribution in [3.63, 3.8) is 0 Å². The van der Waals surface area contributed by atoms with Crippen LogP contribution in [0.1, 0.15) is 5.56 Å². The van der Waals surface area contributed by atoms with Crippen molar-refractivity contribution < 1.29 is 27.6 Å². The number of hydrogen-bond donors (Lipinski definition) is 1. The number of halogens is 3. The summed E-state index contributed by atoms with van der Waals surface area (Å²) < 4.78 is 39.9. The zero-order valence-electron chi connectivity index (χ0n) is 12.5. The van der Waals surface area contributed by atoms with Crippen molar-refractivity contribution >= 4 is 23.4 Å². The minimum absolute atomic E-state index is 0.0669. The van der Waals surface area contributed by atoms with E-state index < -0.39 is 22.9 Å². The number of carbonyl (C=O) groups excluding carboxylic acids is 1. The van der Waals surface area contributed by atoms with Gasteiger partial charge in [0.15, 0.2) is 0 Å². The van der Waals surface area contributed by atoms with Crippen LogP contribution in [-0.2, 0) is 4.79 Å². The number of benzene rings is 2. The number of carbonyl (C=O) groups is 1. The van der Waals surface area contributed by atoms with Crippen molar-refractivity contribution in [2.75, 3.05) is 5.32 Å². The third-order valence-corrected chi connectivity index (χ3v) is 2.89. The summed E-state index contributed by atoms with van der Waals surface area (Å²) in [5, 5.41) is 13.0. The molecule has 0 fully saturated rings. The monoisotopic (exact) mass is 352 g/mol. The number of ether oxygens (including phenoxy) is 1. The first-order valence-corrected chi connectivity index (χ1v) is 6.82. The Morgan fingerprint density at radius 1 is 1.08 bits per heavy atom. The van der Waals surface area contributed by atoms with E-state index in [4.69, 9.17) is 0 Å². The van der Waals surface area contributed by atoms with Crippen molar-refractivity contribution in [1.82, 2.24) is 0 Å². The lowest BCUT2D eigenvalue weighted by atomic mass is 10.2. The molecule has 0 bridgehead atoms. The van der Waals surface area contributed by atoms with Crippen molar-refractivity contribution in [2.45, 2.75) is 6.36 Å². The van der Waals surface area contributed by atoms with Gasteiger partial charge in [-0.2, -0.15) is 0 Å². The quantitative estimate of drug-likeness (QED) is 0.498. The second-order valence-electron chi connectivity index (χ2n) is 4.74. The average molecular weight is 352 g/mol. The van der Waals surface area contributed by atoms with Crippen LogP contribution in [-0.4, -0.2) is 17.2 Å². The van der Waals surface area contributed by atoms with Crippen molar-refractivity contribution in [3.05, 3.63) is 70.3 Å². The summed E-state index contributed by atoms with van der Waals surface area (Å²) in [5.74, 6) is -0.908. The first-order chi connectivity index (χ1) is 11.7. The van der Waals surface area contributed by atoms with E-state index in [1.54, 1.807) is 0 Å². The minimum atomic E-state index is -4.78. The third-order valence-electron chi connectivity index (χ3n) is 2.89. The number of nitrogens with zero attached hydrogens (tertiary/aromatic N) is 1. The molecule has 25 heavy (non-hydrogen) atoms. The van der Waals surface area contributed by atoms with Gasteiger partial charge in [0.05, 0.1) is 4.92 Å². The number of amides is 1. The first-order valence-electron chi connectivity index (χ1n) is 6.82. The Hall–Kier alpha value is -3.36. The van der Waals surface area contributed by atoms with Crippen LogP contribution in [0.3, 0.4) is 0 Å². The summed E-state index contributed by atoms with van der Waals surface area (Å²) in [6.45, 7) is 0. The van der Waals surface area contributed by atoms with Crippen LogP contribution >= 0.6 is 0 Å². The Balaban J connectivity index is 1.94. The summed E-state index contributed by atoms with van der Waals surface area (Å²) in [4.78, 5) is 21.8. The Morgan fingerprint density at radius 3 is 2.20 bits per heavy atom. The fraction of sp³-hybridized carbons (Fsp3) is 0.0625. The number of nitrogens with one attached hydrogen (secondary N) is 1. The fourth-order valence-electron chi connectivity index (χ4n) is 1.80. The number of rotatable bonds is 5. The van der Waals surface area contributed by atoms with E-state index in [0.29, 0.717) is 5.56 Å². The van der Waals surface area contributed by atoms with Crippen molar-refractivity contribution in [2.24, 2.45) is 0 Å². The van der Waals surface area contributed by atoms with Crippen molar-refractivity contribution in [3.8, 4) is 5.75 Å². The second-order valence-corrected chi connectivity index (χ2v) is 4.74. The van der Waals surface area contributed by atoms with Crippen LogP contribution in [0.5, 0.6) is 5.75 Å². The maximum atomic E-state index is 12.0. The Bertz CT molecular complexity index is 785. The number of hydrogen-bond acceptors (Lipinski definition) is 4. The van der Waals surface area contributed by atoms with Gasteiger partial charge in [-0.1, -0.05) is 0 Å². The molecule has 0 aliphatic carbocycles. The molecule has 0 aromatic heterocycles. The number of non-ortho nitro benzene ring substituents is 1. The Labute approximate surface area is 139 Å². The van der Waals surface area contributed by atoms with Crippen LogP contribution in [0.4, 0.5) is 24.5 Å². The molecule has 130 valence electrons. The maximum Gasteiger partial charge on any atom is 0.573 e. The Morgan fingerprint density at radius 2 is 1.68 bits per heavy atom. The van der Waals surface area contributed by atoms with Gasteiger partial charge in [0.2, 0.25) is 5.91 Å². The molecule has 1 amide bonds. The topological polar surface area (TPSA) is 81.5 Å². The summed E-state index contributed by atoms with van der Waals surface area (Å²) >= 11 is 0. The molecule has 0 saturated heterocycles. The van der Waals surface area contributed by atoms with Crippen LogP contribution < -0.4 is 10.1 Å². The zero-order valence-corrected chi connectivity index (χ0v) is 12.5. The number of anilines is 1. The SMILES string of the molecule is O=C(C=Cc1ccc([N+](=O)[O-])cc1)Nc1ccc(OC(F)(F)F)cc1. The van der Waals surface area contributed by atoms with Gasteiger partial charge in [0.25, 0.3) is 5.69 Å². The van der Waals surface area contributed by atoms with Crippen LogP contribution in [0.15, 0.2) is 54.6 Å². The normalized spacial score (nSPS) is 11.3. The number of nitro benzene ring substituents is 1. The highest BCUT2D eigenvalue weighted by molar-refractivity contribution is 6.01. The molecular formula is C16H11F3N2O4. The molecule has 0 atom stereocenters. The largest absolute Gasteiger partial charge is 0.573 e. The molecule has 9 heteroatoms. The van der Waals surface area contributed by atoms with Crippen molar-refractivity contribution in [1.29, 1.82) is 0 Å². The molecule has 0 spiro atoms. The number of alkyl halides is 3. The molecule has 2 aromatic rings. The van der Waals surface area contributed by atoms with E-state index in [-0.39, 0.29) is 11.4 Å². The summed E-state index contributed by atoms with van der Waals surface area (Å²) in [7, 11) is 0. The molecule has 1 N–H and O–H groups in total. The molecule has 0 aliphatic rings. The van der Waals surface area contributed by atoms with Gasteiger partial charge in [0.1, 0.15) is 5.75 Å². The van der Waals surface area contributed by atoms with E-state index in [9.17, 15) is 28.1 Å². The van der Waals surface area contributed by atoms with Gasteiger partial charge in [0, 0.05) is 23.9 Å². The highest BCUT2D eigenvalue weighted by Crippen LogP contribution is 2.24. The van der Waals surface area contributed by atoms with Gasteiger partial charge in [-0.15, -0.1) is 13.2 Å². The minimum Gasteiger partial charge on any atom is -0.406 e. The molecule has 6 nitrogen and oxygen atoms in total. The molecule has 0 saturated carbocycles. The smallest absolute Gasteiger partial charge is 0.406 e. The number of nitro groups is 1. The molecule has 2 rings (SSSR count). The van der Waals surface area contributed by atoms with Gasteiger partial charge < -0.3 is 10.1 Å². The summed E-state index contributed by atoms with van der Waals surface area (Å²) in [6, 6.07) is 10.2. The highest BCUT2D eigenvalue weighted by Gasteiger charge is 2.30. The molecule has 0 radical (unpaired) electrons. The lowest BCUT2D eigenvalue weighted by molar-refractivity contribution is -0.384. The second kappa shape index (κ2) is 7.47. The molecular weight excluding hydrogens is 341 g/mol. The van der Waals surface area contributed by atoms with Crippen LogP contribution in [0.25, 0.3) is 6.08 Å². The fourth-order valence-corrected chi connectivity index (χ4v) is 1.80. The summed E-state index contributed by atoms with van der Waals surface area (Å²) in [5.41, 5.74) is 0.797. The highest BCUT2D eigenvalue weighted by atomic mass is 19.4. The van der Waals surface area contributed by atoms with Crippen LogP contribution in [0.2, 0.25) is 0 Å². The predicted molar refractivity (Wildman–Crippen MR) is 83.9 cm³/mol. The maximum absolute atomic E-state index is 12.0. The molecule has 0 aliphatic heterocycles. The van der Waals surface area contributed by atoms with Gasteiger partial charge in [-0.05, 0) is 48.0 Å². The Kier molecular flexibility index (Phi) is 5.38. The molecule has 2 aromatic carbocycles. The zero-order chi connectivity index (χ0) is 18.4. The average Bonchev–Trinajstić information content (AvgIpc) is 2.54. The van der Waals surface area contributed by atoms with E-state index in [1.807, 2.05) is 0 Å². The van der Waals surface area contributed by atoms with E-state index >= 15 is 0 Å². The van der Waals surface area contributed by atoms with Gasteiger partial charge in [-0.25, -0.2) is 0 Å². The van der Waals surface area contributed by atoms with E-state index in [2.05, 4.69) is 10.1 Å². The van der Waals surface area contributed by atoms with E-state index in [1.165, 1.54) is 48.6 Å². The predicted octanol–water partition coefficient (Wildman–Crippen LogP) is 4.15. The third kappa shape index (κ3) is 5.98. The molecule has 0 unspecified atom stereocenters. The summed E-state index contributed by atoms with van der Waals surface area (Å²) in [6.07, 6.45) is -2.14. The van der Waals surface area contributed by atoms with Crippen LogP contribution in [0, 0.1) is 10.1 Å². The van der Waals surface area contributed by atoms with Gasteiger partial charge >= 0.3 is 6.36 Å².